The Bertz CT molecular complexity index is 1070. The molecule has 0 heterocycles. The number of carbonyl (C=O) groups is 1. The molecule has 0 saturated carbocycles. The van der Waals surface area contributed by atoms with Gasteiger partial charge in [-0.1, -0.05) is 70.2 Å². The van der Waals surface area contributed by atoms with Crippen LogP contribution in [0.4, 0.5) is 0 Å². The van der Waals surface area contributed by atoms with Crippen LogP contribution in [0, 0.1) is 13.8 Å². The molecule has 0 aromatic heterocycles. The molecule has 2 N–H and O–H groups in total. The summed E-state index contributed by atoms with van der Waals surface area (Å²) in [4.78, 5) is 11.7. The van der Waals surface area contributed by atoms with E-state index in [2.05, 4.69) is 58.0 Å². The summed E-state index contributed by atoms with van der Waals surface area (Å²) in [5.41, 5.74) is 12.5. The first-order chi connectivity index (χ1) is 17.4. The normalized spacial score (nSPS) is 10.4. The Morgan fingerprint density at radius 2 is 1.56 bits per heavy atom. The first kappa shape index (κ1) is 28.9. The maximum Gasteiger partial charge on any atom is 0.344 e. The number of aryl methyl sites for hydroxylation is 2. The molecule has 0 amide bonds. The molecule has 0 radical (unpaired) electrons. The van der Waals surface area contributed by atoms with Gasteiger partial charge in [0.05, 0.1) is 0 Å². The number of esters is 1. The maximum atomic E-state index is 11.7. The van der Waals surface area contributed by atoms with Gasteiger partial charge < -0.3 is 19.9 Å². The minimum Gasteiger partial charge on any atom is -0.489 e. The lowest BCUT2D eigenvalue weighted by molar-refractivity contribution is -0.145. The molecule has 194 valence electrons. The number of benzene rings is 3. The van der Waals surface area contributed by atoms with Gasteiger partial charge in [0.1, 0.15) is 24.7 Å². The zero-order chi connectivity index (χ0) is 26.5. The number of ether oxygens (including phenoxy) is 3. The van der Waals surface area contributed by atoms with E-state index in [1.54, 1.807) is 0 Å². The quantitative estimate of drug-likeness (QED) is 0.310. The lowest BCUT2D eigenvalue weighted by Crippen LogP contribution is -2.19. The maximum absolute atomic E-state index is 11.7. The first-order valence-electron chi connectivity index (χ1n) is 12.8. The number of carbonyl (C=O) groups excluding carboxylic acids is 1. The molecular formula is C31H41NO4. The van der Waals surface area contributed by atoms with Crippen molar-refractivity contribution in [2.75, 3.05) is 19.8 Å². The molecule has 0 saturated heterocycles. The Labute approximate surface area is 216 Å². The number of hydrogen-bond donors (Lipinski definition) is 1. The molecule has 3 rings (SSSR count). The van der Waals surface area contributed by atoms with Crippen molar-refractivity contribution in [1.82, 2.24) is 0 Å². The molecule has 0 aliphatic carbocycles. The van der Waals surface area contributed by atoms with Crippen LogP contribution in [0.3, 0.4) is 0 Å². The molecule has 5 heteroatoms. The predicted octanol–water partition coefficient (Wildman–Crippen LogP) is 6.50. The van der Waals surface area contributed by atoms with Crippen molar-refractivity contribution >= 4 is 5.97 Å². The molecule has 0 bridgehead atoms. The summed E-state index contributed by atoms with van der Waals surface area (Å²) in [6.07, 6.45) is 0.815. The molecule has 0 spiro atoms. The highest BCUT2D eigenvalue weighted by molar-refractivity contribution is 5.71. The van der Waals surface area contributed by atoms with Crippen LogP contribution < -0.4 is 15.2 Å². The molecule has 36 heavy (non-hydrogen) atoms. The zero-order valence-electron chi connectivity index (χ0n) is 22.6. The fourth-order valence-corrected chi connectivity index (χ4v) is 3.90. The fourth-order valence-electron chi connectivity index (χ4n) is 3.90. The van der Waals surface area contributed by atoms with E-state index in [4.69, 9.17) is 19.9 Å². The van der Waals surface area contributed by atoms with Gasteiger partial charge in [-0.15, -0.1) is 0 Å². The molecule has 3 aromatic rings. The van der Waals surface area contributed by atoms with Crippen molar-refractivity contribution in [1.29, 1.82) is 0 Å². The summed E-state index contributed by atoms with van der Waals surface area (Å²) in [6, 6.07) is 20.6. The second-order valence-electron chi connectivity index (χ2n) is 8.81. The molecule has 3 aromatic carbocycles. The Morgan fingerprint density at radius 1 is 0.889 bits per heavy atom. The van der Waals surface area contributed by atoms with Gasteiger partial charge in [0, 0.05) is 6.54 Å². The smallest absolute Gasteiger partial charge is 0.344 e. The standard InChI is InChI=1S/C29H35NO4.C2H6/c1-20(2)26-16-24(10-11-28(26)34-18-23-8-6-5-7-9-23)17-27-21(3)14-25(15-22(27)4)33-19-29(31)32-13-12-30;1-2/h5-11,14-16,20H,12-13,17-19,30H2,1-4H3;1-2H3. The molecule has 0 atom stereocenters. The van der Waals surface area contributed by atoms with E-state index in [-0.39, 0.29) is 13.2 Å². The van der Waals surface area contributed by atoms with E-state index in [9.17, 15) is 4.79 Å². The van der Waals surface area contributed by atoms with Crippen LogP contribution in [0.1, 0.15) is 67.0 Å². The molecular weight excluding hydrogens is 450 g/mol. The van der Waals surface area contributed by atoms with Gasteiger partial charge in [-0.25, -0.2) is 4.79 Å². The second kappa shape index (κ2) is 14.9. The summed E-state index contributed by atoms with van der Waals surface area (Å²) >= 11 is 0. The molecule has 0 aliphatic rings. The summed E-state index contributed by atoms with van der Waals surface area (Å²) in [7, 11) is 0. The third kappa shape index (κ3) is 8.72. The molecule has 5 nitrogen and oxygen atoms in total. The van der Waals surface area contributed by atoms with Crippen molar-refractivity contribution in [2.24, 2.45) is 5.73 Å². The Morgan fingerprint density at radius 3 is 2.17 bits per heavy atom. The van der Waals surface area contributed by atoms with Gasteiger partial charge in [0.25, 0.3) is 0 Å². The van der Waals surface area contributed by atoms with Gasteiger partial charge in [-0.3, -0.25) is 0 Å². The lowest BCUT2D eigenvalue weighted by atomic mass is 9.93. The van der Waals surface area contributed by atoms with Crippen molar-refractivity contribution < 1.29 is 19.0 Å². The molecule has 0 fully saturated rings. The Kier molecular flexibility index (Phi) is 12.0. The van der Waals surface area contributed by atoms with Gasteiger partial charge >= 0.3 is 5.97 Å². The van der Waals surface area contributed by atoms with Gasteiger partial charge in [0.15, 0.2) is 6.61 Å². The van der Waals surface area contributed by atoms with Crippen LogP contribution >= 0.6 is 0 Å². The monoisotopic (exact) mass is 491 g/mol. The van der Waals surface area contributed by atoms with Crippen LogP contribution in [-0.2, 0) is 22.6 Å². The minimum absolute atomic E-state index is 0.125. The van der Waals surface area contributed by atoms with Crippen LogP contribution in [0.25, 0.3) is 0 Å². The van der Waals surface area contributed by atoms with Gasteiger partial charge in [0.2, 0.25) is 0 Å². The van der Waals surface area contributed by atoms with E-state index < -0.39 is 5.97 Å². The number of rotatable bonds is 11. The van der Waals surface area contributed by atoms with Gasteiger partial charge in [-0.05, 0) is 77.8 Å². The van der Waals surface area contributed by atoms with Crippen LogP contribution in [-0.4, -0.2) is 25.7 Å². The Hall–Kier alpha value is -3.31. The van der Waals surface area contributed by atoms with Crippen molar-refractivity contribution in [3.8, 4) is 11.5 Å². The van der Waals surface area contributed by atoms with Gasteiger partial charge in [-0.2, -0.15) is 0 Å². The lowest BCUT2D eigenvalue weighted by Gasteiger charge is -2.17. The van der Waals surface area contributed by atoms with E-state index >= 15 is 0 Å². The predicted molar refractivity (Wildman–Crippen MR) is 147 cm³/mol. The van der Waals surface area contributed by atoms with Crippen molar-refractivity contribution in [3.63, 3.8) is 0 Å². The van der Waals surface area contributed by atoms with E-state index in [0.717, 1.165) is 28.9 Å². The van der Waals surface area contributed by atoms with E-state index in [1.807, 2.05) is 44.2 Å². The van der Waals surface area contributed by atoms with E-state index in [1.165, 1.54) is 16.7 Å². The highest BCUT2D eigenvalue weighted by Crippen LogP contribution is 2.31. The average Bonchev–Trinajstić information content (AvgIpc) is 2.89. The zero-order valence-corrected chi connectivity index (χ0v) is 22.6. The number of nitrogens with two attached hydrogens (primary N) is 1. The first-order valence-corrected chi connectivity index (χ1v) is 12.8. The SMILES string of the molecule is CC.Cc1cc(OCC(=O)OCCN)cc(C)c1Cc1ccc(OCc2ccccc2)c(C(C)C)c1. The molecule has 0 aliphatic heterocycles. The van der Waals surface area contributed by atoms with E-state index in [0.29, 0.717) is 24.8 Å². The third-order valence-corrected chi connectivity index (χ3v) is 5.72. The summed E-state index contributed by atoms with van der Waals surface area (Å²) in [5.74, 6) is 1.53. The number of hydrogen-bond acceptors (Lipinski definition) is 5. The molecule has 0 unspecified atom stereocenters. The Balaban J connectivity index is 0.00000222. The highest BCUT2D eigenvalue weighted by atomic mass is 16.6. The fraction of sp³-hybridized carbons (Fsp3) is 0.387. The minimum atomic E-state index is -0.416. The third-order valence-electron chi connectivity index (χ3n) is 5.72. The highest BCUT2D eigenvalue weighted by Gasteiger charge is 2.13. The summed E-state index contributed by atoms with van der Waals surface area (Å²) in [6.45, 7) is 13.5. The van der Waals surface area contributed by atoms with Crippen molar-refractivity contribution in [2.45, 2.75) is 60.5 Å². The average molecular weight is 492 g/mol. The van der Waals surface area contributed by atoms with Crippen molar-refractivity contribution in [3.05, 3.63) is 94.0 Å². The van der Waals surface area contributed by atoms with Crippen LogP contribution in [0.15, 0.2) is 60.7 Å². The van der Waals surface area contributed by atoms with Crippen LogP contribution in [0.5, 0.6) is 11.5 Å². The largest absolute Gasteiger partial charge is 0.489 e. The topological polar surface area (TPSA) is 70.8 Å². The summed E-state index contributed by atoms with van der Waals surface area (Å²) in [5, 5.41) is 0. The van der Waals surface area contributed by atoms with Crippen LogP contribution in [0.2, 0.25) is 0 Å². The summed E-state index contributed by atoms with van der Waals surface area (Å²) < 4.78 is 16.8. The second-order valence-corrected chi connectivity index (χ2v) is 8.81.